The Kier molecular flexibility index (Phi) is 7.47. The maximum absolute atomic E-state index is 15.4. The molecule has 43 heavy (non-hydrogen) atoms. The van der Waals surface area contributed by atoms with Gasteiger partial charge in [-0.3, -0.25) is 9.78 Å². The van der Waals surface area contributed by atoms with Gasteiger partial charge in [-0.05, 0) is 48.4 Å². The highest BCUT2D eigenvalue weighted by atomic mass is 19.1. The largest absolute Gasteiger partial charge is 0.478 e. The number of halogens is 2. The molecule has 0 saturated carbocycles. The highest BCUT2D eigenvalue weighted by Crippen LogP contribution is 2.29. The third-order valence-electron chi connectivity index (χ3n) is 7.06. The van der Waals surface area contributed by atoms with E-state index in [1.54, 1.807) is 18.2 Å². The smallest absolute Gasteiger partial charge is 0.335 e. The van der Waals surface area contributed by atoms with Crippen LogP contribution in [0.5, 0.6) is 5.88 Å². The number of ether oxygens (including phenoxy) is 2. The van der Waals surface area contributed by atoms with E-state index in [0.717, 1.165) is 18.6 Å². The minimum absolute atomic E-state index is 0.0155. The summed E-state index contributed by atoms with van der Waals surface area (Å²) in [6.45, 7) is 1.01. The Morgan fingerprint density at radius 3 is 2.60 bits per heavy atom. The molecule has 6 rings (SSSR count). The quantitative estimate of drug-likeness (QED) is 0.248. The van der Waals surface area contributed by atoms with Crippen LogP contribution in [0.3, 0.4) is 0 Å². The molecule has 4 heterocycles. The normalized spacial score (nSPS) is 14.4. The summed E-state index contributed by atoms with van der Waals surface area (Å²) in [6.07, 6.45) is 3.31. The number of amides is 1. The number of rotatable bonds is 10. The van der Waals surface area contributed by atoms with E-state index in [4.69, 9.17) is 15.2 Å². The summed E-state index contributed by atoms with van der Waals surface area (Å²) in [6, 6.07) is 11.5. The van der Waals surface area contributed by atoms with Gasteiger partial charge in [-0.1, -0.05) is 6.07 Å². The van der Waals surface area contributed by atoms with Crippen molar-refractivity contribution in [1.29, 1.82) is 0 Å². The van der Waals surface area contributed by atoms with Crippen molar-refractivity contribution < 1.29 is 33.0 Å². The van der Waals surface area contributed by atoms with Gasteiger partial charge in [0.15, 0.2) is 0 Å². The first-order valence-electron chi connectivity index (χ1n) is 13.3. The lowest BCUT2D eigenvalue weighted by Crippen LogP contribution is -2.31. The lowest BCUT2D eigenvalue weighted by Gasteiger charge is -2.27. The topological polar surface area (TPSA) is 155 Å². The zero-order valence-electron chi connectivity index (χ0n) is 22.5. The third-order valence-corrected chi connectivity index (χ3v) is 7.06. The van der Waals surface area contributed by atoms with Gasteiger partial charge in [-0.25, -0.2) is 28.5 Å². The van der Waals surface area contributed by atoms with Crippen LogP contribution < -0.4 is 10.5 Å². The number of benzene rings is 2. The SMILES string of the molecule is NC(=O)c1cnc(COc2cccc(-c3cc(F)c(Cc4nc5ccc(C(=O)O)cc5n4CC4CCO4)cc3F)n2)cn1. The van der Waals surface area contributed by atoms with Crippen molar-refractivity contribution in [3.05, 3.63) is 101 Å². The van der Waals surface area contributed by atoms with Gasteiger partial charge >= 0.3 is 5.97 Å². The molecule has 2 aromatic carbocycles. The summed E-state index contributed by atoms with van der Waals surface area (Å²) < 4.78 is 43.9. The van der Waals surface area contributed by atoms with Crippen LogP contribution in [0.15, 0.2) is 60.9 Å². The molecule has 5 aromatic rings. The monoisotopic (exact) mass is 586 g/mol. The van der Waals surface area contributed by atoms with Crippen molar-refractivity contribution in [1.82, 2.24) is 24.5 Å². The first-order valence-corrected chi connectivity index (χ1v) is 13.3. The molecule has 1 unspecified atom stereocenters. The number of hydrogen-bond acceptors (Lipinski definition) is 8. The number of primary amides is 1. The van der Waals surface area contributed by atoms with Crippen LogP contribution in [-0.2, 0) is 24.3 Å². The molecular formula is C30H24F2N6O5. The Hall–Kier alpha value is -5.30. The fourth-order valence-corrected chi connectivity index (χ4v) is 4.72. The highest BCUT2D eigenvalue weighted by Gasteiger charge is 2.23. The molecule has 11 nitrogen and oxygen atoms in total. The standard InChI is InChI=1S/C30H24F2N6O5/c31-21-11-20(23-2-1-3-28(37-23)43-15-18-12-35-25(13-34-18)29(33)39)22(32)8-17(21)10-27-36-24-5-4-16(30(40)41)9-26(24)38(27)14-19-6-7-42-19/h1-5,8-9,11-13,19H,6-7,10,14-15H2,(H2,33,39)(H,40,41). The zero-order valence-corrected chi connectivity index (χ0v) is 22.5. The van der Waals surface area contributed by atoms with Gasteiger partial charge in [-0.15, -0.1) is 0 Å². The van der Waals surface area contributed by atoms with Gasteiger partial charge in [-0.2, -0.15) is 0 Å². The molecule has 13 heteroatoms. The van der Waals surface area contributed by atoms with Gasteiger partial charge in [0, 0.05) is 24.7 Å². The molecule has 1 aliphatic heterocycles. The zero-order chi connectivity index (χ0) is 30.1. The van der Waals surface area contributed by atoms with Crippen LogP contribution in [0, 0.1) is 11.6 Å². The summed E-state index contributed by atoms with van der Waals surface area (Å²) >= 11 is 0. The number of pyridine rings is 1. The second-order valence-corrected chi connectivity index (χ2v) is 9.94. The Bertz CT molecular complexity index is 1860. The number of aromatic carboxylic acids is 1. The summed E-state index contributed by atoms with van der Waals surface area (Å²) in [7, 11) is 0. The number of nitrogens with two attached hydrogens (primary N) is 1. The van der Waals surface area contributed by atoms with Gasteiger partial charge in [0.25, 0.3) is 5.91 Å². The number of carboxylic acids is 1. The minimum Gasteiger partial charge on any atom is -0.478 e. The predicted octanol–water partition coefficient (Wildman–Crippen LogP) is 3.92. The van der Waals surface area contributed by atoms with Crippen LogP contribution in [0.4, 0.5) is 8.78 Å². The fourth-order valence-electron chi connectivity index (χ4n) is 4.72. The molecule has 0 spiro atoms. The Labute approximate surface area is 243 Å². The van der Waals surface area contributed by atoms with Crippen LogP contribution in [0.2, 0.25) is 0 Å². The molecular weight excluding hydrogens is 562 g/mol. The van der Waals surface area contributed by atoms with E-state index < -0.39 is 23.5 Å². The number of carbonyl (C=O) groups is 2. The molecule has 3 N–H and O–H groups in total. The van der Waals surface area contributed by atoms with Crippen LogP contribution in [0.1, 0.15) is 44.3 Å². The summed E-state index contributed by atoms with van der Waals surface area (Å²) in [5.74, 6) is -2.51. The van der Waals surface area contributed by atoms with Crippen LogP contribution in [-0.4, -0.2) is 54.2 Å². The molecule has 1 saturated heterocycles. The number of aromatic nitrogens is 5. The molecule has 0 bridgehead atoms. The first kappa shape index (κ1) is 27.8. The van der Waals surface area contributed by atoms with E-state index in [-0.39, 0.29) is 53.1 Å². The molecule has 0 radical (unpaired) electrons. The number of hydrogen-bond donors (Lipinski definition) is 2. The van der Waals surface area contributed by atoms with E-state index in [1.165, 1.54) is 30.6 Å². The minimum atomic E-state index is -1.07. The van der Waals surface area contributed by atoms with Gasteiger partial charge in [0.1, 0.15) is 29.8 Å². The molecule has 3 aromatic heterocycles. The first-order chi connectivity index (χ1) is 20.7. The van der Waals surface area contributed by atoms with Crippen molar-refractivity contribution in [3.63, 3.8) is 0 Å². The predicted molar refractivity (Wildman–Crippen MR) is 148 cm³/mol. The fraction of sp³-hybridized carbons (Fsp3) is 0.200. The maximum Gasteiger partial charge on any atom is 0.335 e. The van der Waals surface area contributed by atoms with E-state index in [2.05, 4.69) is 19.9 Å². The molecule has 218 valence electrons. The Balaban J connectivity index is 1.24. The summed E-state index contributed by atoms with van der Waals surface area (Å²) in [5, 5.41) is 9.45. The van der Waals surface area contributed by atoms with Crippen molar-refractivity contribution >= 4 is 22.9 Å². The van der Waals surface area contributed by atoms with E-state index in [1.807, 2.05) is 4.57 Å². The average Bonchev–Trinajstić information content (AvgIpc) is 3.31. The molecule has 1 aliphatic rings. The number of nitrogens with zero attached hydrogens (tertiary/aromatic N) is 5. The molecule has 0 aliphatic carbocycles. The number of imidazole rings is 1. The average molecular weight is 587 g/mol. The molecule has 1 atom stereocenters. The lowest BCUT2D eigenvalue weighted by molar-refractivity contribution is -0.0589. The highest BCUT2D eigenvalue weighted by molar-refractivity contribution is 5.92. The number of fused-ring (bicyclic) bond motifs is 1. The van der Waals surface area contributed by atoms with Crippen molar-refractivity contribution in [2.45, 2.75) is 32.1 Å². The van der Waals surface area contributed by atoms with E-state index in [0.29, 0.717) is 35.7 Å². The van der Waals surface area contributed by atoms with Gasteiger partial charge in [0.2, 0.25) is 5.88 Å². The van der Waals surface area contributed by atoms with Crippen molar-refractivity contribution in [3.8, 4) is 17.1 Å². The van der Waals surface area contributed by atoms with Crippen molar-refractivity contribution in [2.24, 2.45) is 5.73 Å². The second kappa shape index (κ2) is 11.5. The van der Waals surface area contributed by atoms with Crippen LogP contribution >= 0.6 is 0 Å². The Morgan fingerprint density at radius 2 is 1.91 bits per heavy atom. The summed E-state index contributed by atoms with van der Waals surface area (Å²) in [5.41, 5.74) is 7.01. The maximum atomic E-state index is 15.4. The van der Waals surface area contributed by atoms with Crippen LogP contribution in [0.25, 0.3) is 22.3 Å². The molecule has 1 fully saturated rings. The second-order valence-electron chi connectivity index (χ2n) is 9.94. The molecule has 1 amide bonds. The van der Waals surface area contributed by atoms with Gasteiger partial charge in [0.05, 0.1) is 53.0 Å². The Morgan fingerprint density at radius 1 is 1.07 bits per heavy atom. The third kappa shape index (κ3) is 5.88. The van der Waals surface area contributed by atoms with E-state index >= 15 is 8.78 Å². The van der Waals surface area contributed by atoms with E-state index in [9.17, 15) is 14.7 Å². The van der Waals surface area contributed by atoms with Gasteiger partial charge < -0.3 is 24.9 Å². The number of carboxylic acid groups (broad SMARTS) is 1. The lowest BCUT2D eigenvalue weighted by atomic mass is 10.0. The number of carbonyl (C=O) groups excluding carboxylic acids is 1. The summed E-state index contributed by atoms with van der Waals surface area (Å²) in [4.78, 5) is 39.6. The van der Waals surface area contributed by atoms with Crippen molar-refractivity contribution in [2.75, 3.05) is 6.61 Å².